The van der Waals surface area contributed by atoms with Crippen LogP contribution in [0.3, 0.4) is 0 Å². The number of carbonyl (C=O) groups is 3. The van der Waals surface area contributed by atoms with Gasteiger partial charge in [-0.2, -0.15) is 0 Å². The Balaban J connectivity index is 1.46. The van der Waals surface area contributed by atoms with Crippen LogP contribution in [0.5, 0.6) is 11.5 Å². The number of hydrogen-bond acceptors (Lipinski definition) is 8. The highest BCUT2D eigenvalue weighted by Gasteiger charge is 2.44. The van der Waals surface area contributed by atoms with Gasteiger partial charge in [-0.25, -0.2) is 0 Å². The van der Waals surface area contributed by atoms with E-state index in [1.54, 1.807) is 153 Å². The van der Waals surface area contributed by atoms with E-state index in [-0.39, 0.29) is 28.9 Å². The SMILES string of the molecule is CC1(C(=O)C(C)(C)OC2=CC=CC(C)(C(=O)C(C)(C)Oc3cccc(OC(C)(C)C(=O)C4(C)C=CC=C(O)C=C4)c3)C=C2)C=CC=C(O)C=C1. The molecule has 0 bridgehead atoms. The lowest BCUT2D eigenvalue weighted by molar-refractivity contribution is -0.141. The summed E-state index contributed by atoms with van der Waals surface area (Å²) in [6, 6.07) is 6.80. The summed E-state index contributed by atoms with van der Waals surface area (Å²) in [6.07, 6.45) is 24.6. The Morgan fingerprint density at radius 1 is 0.540 bits per heavy atom. The second kappa shape index (κ2) is 13.7. The quantitative estimate of drug-likeness (QED) is 0.225. The minimum atomic E-state index is -1.29. The fourth-order valence-corrected chi connectivity index (χ4v) is 6.23. The molecule has 3 unspecified atom stereocenters. The van der Waals surface area contributed by atoms with E-state index in [1.807, 2.05) is 0 Å². The van der Waals surface area contributed by atoms with Crippen molar-refractivity contribution in [3.63, 3.8) is 0 Å². The van der Waals surface area contributed by atoms with Crippen molar-refractivity contribution in [2.45, 2.75) is 79.1 Å². The highest BCUT2D eigenvalue weighted by Crippen LogP contribution is 2.37. The van der Waals surface area contributed by atoms with Gasteiger partial charge in [0, 0.05) is 6.07 Å². The minimum absolute atomic E-state index is 0.0549. The lowest BCUT2D eigenvalue weighted by Crippen LogP contribution is -2.46. The van der Waals surface area contributed by atoms with Crippen LogP contribution in [0.15, 0.2) is 133 Å². The first-order chi connectivity index (χ1) is 23.1. The molecule has 0 saturated heterocycles. The third-order valence-electron chi connectivity index (χ3n) is 8.95. The Hall–Kier alpha value is -5.11. The van der Waals surface area contributed by atoms with Gasteiger partial charge in [-0.3, -0.25) is 14.4 Å². The van der Waals surface area contributed by atoms with Gasteiger partial charge in [0.1, 0.15) is 28.8 Å². The average Bonchev–Trinajstić information content (AvgIpc) is 3.42. The summed E-state index contributed by atoms with van der Waals surface area (Å²) in [5.74, 6) is 0.631. The van der Waals surface area contributed by atoms with Gasteiger partial charge in [0.15, 0.2) is 34.2 Å². The lowest BCUT2D eigenvalue weighted by Gasteiger charge is -2.34. The van der Waals surface area contributed by atoms with E-state index in [9.17, 15) is 24.6 Å². The van der Waals surface area contributed by atoms with E-state index in [4.69, 9.17) is 14.2 Å². The Morgan fingerprint density at radius 3 is 1.32 bits per heavy atom. The normalized spacial score (nSPS) is 25.0. The molecule has 3 aliphatic rings. The van der Waals surface area contributed by atoms with E-state index in [1.165, 1.54) is 24.3 Å². The van der Waals surface area contributed by atoms with Gasteiger partial charge in [-0.1, -0.05) is 60.8 Å². The number of hydrogen-bond donors (Lipinski definition) is 2. The highest BCUT2D eigenvalue weighted by atomic mass is 16.5. The molecule has 0 spiro atoms. The van der Waals surface area contributed by atoms with Crippen molar-refractivity contribution >= 4 is 17.3 Å². The zero-order chi connectivity index (χ0) is 37.2. The van der Waals surface area contributed by atoms with Crippen molar-refractivity contribution in [2.24, 2.45) is 16.2 Å². The summed E-state index contributed by atoms with van der Waals surface area (Å²) in [4.78, 5) is 41.3. The Bertz CT molecular complexity index is 1820. The molecule has 8 nitrogen and oxygen atoms in total. The van der Waals surface area contributed by atoms with Crippen LogP contribution in [0.4, 0.5) is 0 Å². The van der Waals surface area contributed by atoms with E-state index in [2.05, 4.69) is 0 Å². The molecule has 4 rings (SSSR count). The van der Waals surface area contributed by atoms with Crippen molar-refractivity contribution < 1.29 is 38.8 Å². The second-order valence-electron chi connectivity index (χ2n) is 15.0. The topological polar surface area (TPSA) is 119 Å². The molecule has 50 heavy (non-hydrogen) atoms. The number of ether oxygens (including phenoxy) is 3. The van der Waals surface area contributed by atoms with Crippen LogP contribution in [0.1, 0.15) is 62.3 Å². The van der Waals surface area contributed by atoms with Crippen molar-refractivity contribution in [3.05, 3.63) is 133 Å². The molecule has 8 heteroatoms. The summed E-state index contributed by atoms with van der Waals surface area (Å²) in [7, 11) is 0. The Morgan fingerprint density at radius 2 is 0.900 bits per heavy atom. The van der Waals surface area contributed by atoms with E-state index < -0.39 is 33.0 Å². The number of rotatable bonds is 12. The third-order valence-corrected chi connectivity index (χ3v) is 8.95. The van der Waals surface area contributed by atoms with Crippen LogP contribution < -0.4 is 9.47 Å². The number of aliphatic hydroxyl groups excluding tert-OH is 2. The summed E-state index contributed by atoms with van der Waals surface area (Å²) in [5, 5.41) is 19.7. The standard InChI is InChI=1S/C42H48O8/c1-37(2,34(45)40(7)22-11-14-29(43)19-25-40)48-31-18-13-24-42(9,27-21-31)36(47)39(5,6)50-33-17-10-16-32(28-33)49-38(3,4)35(46)41(8)23-12-15-30(44)20-26-41/h10-28,43-44H,1-9H3. The Labute approximate surface area is 295 Å². The average molecular weight is 681 g/mol. The molecule has 2 N–H and O–H groups in total. The molecular formula is C42H48O8. The molecule has 1 aromatic carbocycles. The number of aliphatic hydroxyl groups is 2. The molecular weight excluding hydrogens is 632 g/mol. The number of ketones is 3. The summed E-state index contributed by atoms with van der Waals surface area (Å²) >= 11 is 0. The zero-order valence-electron chi connectivity index (χ0n) is 30.3. The zero-order valence-corrected chi connectivity index (χ0v) is 30.3. The molecule has 0 heterocycles. The molecule has 0 fully saturated rings. The summed E-state index contributed by atoms with van der Waals surface area (Å²) in [6.45, 7) is 15.4. The van der Waals surface area contributed by atoms with Crippen molar-refractivity contribution in [1.29, 1.82) is 0 Å². The predicted octanol–water partition coefficient (Wildman–Crippen LogP) is 8.67. The van der Waals surface area contributed by atoms with Gasteiger partial charge < -0.3 is 24.4 Å². The van der Waals surface area contributed by atoms with Crippen LogP contribution >= 0.6 is 0 Å². The highest BCUT2D eigenvalue weighted by molar-refractivity contribution is 5.97. The fraction of sp³-hybridized carbons (Fsp3) is 0.357. The Kier molecular flexibility index (Phi) is 10.3. The van der Waals surface area contributed by atoms with Crippen LogP contribution in [0.25, 0.3) is 0 Å². The maximum absolute atomic E-state index is 14.1. The van der Waals surface area contributed by atoms with E-state index in [0.717, 1.165) is 0 Å². The van der Waals surface area contributed by atoms with E-state index >= 15 is 0 Å². The van der Waals surface area contributed by atoms with Crippen molar-refractivity contribution in [2.75, 3.05) is 0 Å². The van der Waals surface area contributed by atoms with Gasteiger partial charge in [0.05, 0.1) is 16.2 Å². The van der Waals surface area contributed by atoms with Gasteiger partial charge in [-0.15, -0.1) is 0 Å². The molecule has 3 aliphatic carbocycles. The van der Waals surface area contributed by atoms with Crippen molar-refractivity contribution in [3.8, 4) is 11.5 Å². The maximum Gasteiger partial charge on any atom is 0.189 e. The van der Waals surface area contributed by atoms with Gasteiger partial charge >= 0.3 is 0 Å². The molecule has 3 atom stereocenters. The first kappa shape index (κ1) is 37.7. The largest absolute Gasteiger partial charge is 0.508 e. The number of benzene rings is 1. The monoisotopic (exact) mass is 680 g/mol. The molecule has 0 aromatic heterocycles. The summed E-state index contributed by atoms with van der Waals surface area (Å²) < 4.78 is 18.7. The minimum Gasteiger partial charge on any atom is -0.508 e. The molecule has 0 aliphatic heterocycles. The first-order valence-electron chi connectivity index (χ1n) is 16.6. The fourth-order valence-electron chi connectivity index (χ4n) is 6.23. The molecule has 264 valence electrons. The number of Topliss-reactive ketones (excluding diaryl/α,β-unsaturated/α-hetero) is 3. The van der Waals surface area contributed by atoms with Crippen LogP contribution in [0, 0.1) is 16.2 Å². The number of allylic oxidation sites excluding steroid dienone is 15. The summed E-state index contributed by atoms with van der Waals surface area (Å²) in [5.41, 5.74) is -6.87. The molecule has 0 radical (unpaired) electrons. The predicted molar refractivity (Wildman–Crippen MR) is 195 cm³/mol. The molecule has 0 saturated carbocycles. The van der Waals surface area contributed by atoms with Crippen molar-refractivity contribution in [1.82, 2.24) is 0 Å². The lowest BCUT2D eigenvalue weighted by atomic mass is 9.77. The first-order valence-corrected chi connectivity index (χ1v) is 16.6. The van der Waals surface area contributed by atoms with E-state index in [0.29, 0.717) is 17.3 Å². The van der Waals surface area contributed by atoms with Crippen LogP contribution in [-0.4, -0.2) is 44.4 Å². The van der Waals surface area contributed by atoms with Crippen LogP contribution in [-0.2, 0) is 19.1 Å². The van der Waals surface area contributed by atoms with Gasteiger partial charge in [0.2, 0.25) is 0 Å². The molecule has 1 aromatic rings. The number of carbonyl (C=O) groups excluding carboxylic acids is 3. The van der Waals surface area contributed by atoms with Gasteiger partial charge in [-0.05, 0) is 111 Å². The smallest absolute Gasteiger partial charge is 0.189 e. The third kappa shape index (κ3) is 8.36. The molecule has 0 amide bonds. The van der Waals surface area contributed by atoms with Crippen LogP contribution in [0.2, 0.25) is 0 Å². The maximum atomic E-state index is 14.1. The second-order valence-corrected chi connectivity index (χ2v) is 15.0. The van der Waals surface area contributed by atoms with Gasteiger partial charge in [0.25, 0.3) is 0 Å².